The van der Waals surface area contributed by atoms with Crippen molar-refractivity contribution in [3.8, 4) is 5.75 Å². The molecule has 1 aromatic carbocycles. The number of amides is 1. The summed E-state index contributed by atoms with van der Waals surface area (Å²) < 4.78 is 5.57. The van der Waals surface area contributed by atoms with Gasteiger partial charge in [-0.2, -0.15) is 5.10 Å². The molecule has 0 spiro atoms. The second kappa shape index (κ2) is 6.78. The molecule has 0 atom stereocenters. The lowest BCUT2D eigenvalue weighted by molar-refractivity contribution is 0.0769. The fraction of sp³-hybridized carbons (Fsp3) is 0.333. The molecule has 112 valence electrons. The second-order valence-electron chi connectivity index (χ2n) is 4.71. The third kappa shape index (κ3) is 3.53. The zero-order chi connectivity index (χ0) is 15.2. The van der Waals surface area contributed by atoms with Crippen molar-refractivity contribution in [3.05, 3.63) is 41.7 Å². The smallest absolute Gasteiger partial charge is 0.276 e. The lowest BCUT2D eigenvalue weighted by Gasteiger charge is -2.16. The Morgan fingerprint density at radius 2 is 2.10 bits per heavy atom. The highest BCUT2D eigenvalue weighted by Crippen LogP contribution is 2.16. The summed E-state index contributed by atoms with van der Waals surface area (Å²) in [7, 11) is 1.70. The molecule has 0 saturated heterocycles. The van der Waals surface area contributed by atoms with Crippen molar-refractivity contribution in [3.63, 3.8) is 0 Å². The molecule has 0 radical (unpaired) electrons. The molecule has 0 aliphatic rings. The van der Waals surface area contributed by atoms with Crippen LogP contribution in [-0.2, 0) is 6.42 Å². The van der Waals surface area contributed by atoms with Crippen LogP contribution in [-0.4, -0.2) is 41.2 Å². The molecule has 6 nitrogen and oxygen atoms in total. The van der Waals surface area contributed by atoms with E-state index in [0.717, 1.165) is 11.4 Å². The number of nitrogens with two attached hydrogens (primary N) is 1. The maximum absolute atomic E-state index is 12.2. The minimum atomic E-state index is -0.208. The number of hydrogen-bond acceptors (Lipinski definition) is 4. The Morgan fingerprint density at radius 3 is 2.71 bits per heavy atom. The Hall–Kier alpha value is -2.50. The van der Waals surface area contributed by atoms with Crippen LogP contribution in [0.25, 0.3) is 0 Å². The van der Waals surface area contributed by atoms with Crippen LogP contribution in [0.15, 0.2) is 30.3 Å². The quantitative estimate of drug-likeness (QED) is 0.847. The Bertz CT molecular complexity index is 595. The first-order valence-corrected chi connectivity index (χ1v) is 6.89. The van der Waals surface area contributed by atoms with Crippen molar-refractivity contribution < 1.29 is 9.53 Å². The standard InChI is InChI=1S/C15H20N4O2/c1-3-12-13(16)14(18-17-12)15(20)19(2)9-10-21-11-7-5-4-6-8-11/h4-8H,3,9-10,16H2,1-2H3,(H,17,18). The van der Waals surface area contributed by atoms with Gasteiger partial charge in [0, 0.05) is 7.05 Å². The van der Waals surface area contributed by atoms with Crippen LogP contribution in [0.5, 0.6) is 5.75 Å². The number of ether oxygens (including phenoxy) is 1. The summed E-state index contributed by atoms with van der Waals surface area (Å²) in [5, 5.41) is 6.78. The van der Waals surface area contributed by atoms with E-state index in [1.54, 1.807) is 11.9 Å². The first-order valence-electron chi connectivity index (χ1n) is 6.89. The third-order valence-electron chi connectivity index (χ3n) is 3.22. The number of carbonyl (C=O) groups is 1. The number of rotatable bonds is 6. The van der Waals surface area contributed by atoms with Crippen molar-refractivity contribution in [1.82, 2.24) is 15.1 Å². The highest BCUT2D eigenvalue weighted by Gasteiger charge is 2.19. The average molecular weight is 288 g/mol. The van der Waals surface area contributed by atoms with Gasteiger partial charge in [0.1, 0.15) is 12.4 Å². The van der Waals surface area contributed by atoms with E-state index in [-0.39, 0.29) is 11.6 Å². The Morgan fingerprint density at radius 1 is 1.38 bits per heavy atom. The molecule has 0 aliphatic carbocycles. The summed E-state index contributed by atoms with van der Waals surface area (Å²) in [6.07, 6.45) is 0.715. The van der Waals surface area contributed by atoms with E-state index in [1.807, 2.05) is 37.3 Å². The number of nitrogens with one attached hydrogen (secondary N) is 1. The summed E-state index contributed by atoms with van der Waals surface area (Å²) in [5.74, 6) is 0.575. The highest BCUT2D eigenvalue weighted by atomic mass is 16.5. The molecule has 2 aromatic rings. The predicted octanol–water partition coefficient (Wildman–Crippen LogP) is 1.71. The topological polar surface area (TPSA) is 84.2 Å². The molecule has 3 N–H and O–H groups in total. The van der Waals surface area contributed by atoms with Gasteiger partial charge in [-0.05, 0) is 18.6 Å². The lowest BCUT2D eigenvalue weighted by Crippen LogP contribution is -2.31. The zero-order valence-corrected chi connectivity index (χ0v) is 12.3. The van der Waals surface area contributed by atoms with Crippen molar-refractivity contribution in [2.75, 3.05) is 25.9 Å². The number of para-hydroxylation sites is 1. The maximum Gasteiger partial charge on any atom is 0.276 e. The molecule has 2 rings (SSSR count). The van der Waals surface area contributed by atoms with E-state index in [2.05, 4.69) is 10.2 Å². The van der Waals surface area contributed by atoms with Gasteiger partial charge in [0.2, 0.25) is 0 Å². The Labute approximate surface area is 123 Å². The van der Waals surface area contributed by atoms with Gasteiger partial charge in [0.05, 0.1) is 17.9 Å². The first-order chi connectivity index (χ1) is 10.1. The number of nitrogens with zero attached hydrogens (tertiary/aromatic N) is 2. The van der Waals surface area contributed by atoms with Crippen molar-refractivity contribution in [2.45, 2.75) is 13.3 Å². The Balaban J connectivity index is 1.89. The summed E-state index contributed by atoms with van der Waals surface area (Å²) >= 11 is 0. The van der Waals surface area contributed by atoms with Crippen LogP contribution >= 0.6 is 0 Å². The van der Waals surface area contributed by atoms with E-state index in [1.165, 1.54) is 0 Å². The molecule has 1 aromatic heterocycles. The van der Waals surface area contributed by atoms with E-state index < -0.39 is 0 Å². The van der Waals surface area contributed by atoms with Gasteiger partial charge in [0.15, 0.2) is 5.69 Å². The van der Waals surface area contributed by atoms with Crippen LogP contribution in [0.4, 0.5) is 5.69 Å². The highest BCUT2D eigenvalue weighted by molar-refractivity contribution is 5.97. The van der Waals surface area contributed by atoms with Gasteiger partial charge >= 0.3 is 0 Å². The molecule has 1 amide bonds. The number of nitrogen functional groups attached to an aromatic ring is 1. The van der Waals surface area contributed by atoms with Gasteiger partial charge in [-0.15, -0.1) is 0 Å². The monoisotopic (exact) mass is 288 g/mol. The maximum atomic E-state index is 12.2. The van der Waals surface area contributed by atoms with Crippen molar-refractivity contribution in [2.24, 2.45) is 0 Å². The van der Waals surface area contributed by atoms with Crippen LogP contribution in [0, 0.1) is 0 Å². The number of benzene rings is 1. The van der Waals surface area contributed by atoms with Crippen molar-refractivity contribution in [1.29, 1.82) is 0 Å². The minimum Gasteiger partial charge on any atom is -0.492 e. The fourth-order valence-electron chi connectivity index (χ4n) is 1.92. The molecule has 0 bridgehead atoms. The number of likely N-dealkylation sites (N-methyl/N-ethyl adjacent to an activating group) is 1. The molecule has 1 heterocycles. The van der Waals surface area contributed by atoms with Gasteiger partial charge in [-0.1, -0.05) is 25.1 Å². The van der Waals surface area contributed by atoms with Crippen LogP contribution in [0.1, 0.15) is 23.1 Å². The molecule has 6 heteroatoms. The van der Waals surface area contributed by atoms with Gasteiger partial charge in [0.25, 0.3) is 5.91 Å². The van der Waals surface area contributed by atoms with Crippen LogP contribution in [0.2, 0.25) is 0 Å². The molecule has 0 saturated carbocycles. The van der Waals surface area contributed by atoms with E-state index in [9.17, 15) is 4.79 Å². The number of carbonyl (C=O) groups excluding carboxylic acids is 1. The first kappa shape index (κ1) is 14.9. The van der Waals surface area contributed by atoms with Gasteiger partial charge < -0.3 is 15.4 Å². The summed E-state index contributed by atoms with van der Waals surface area (Å²) in [6, 6.07) is 9.48. The molecule has 0 aliphatic heterocycles. The number of H-pyrrole nitrogens is 1. The fourth-order valence-corrected chi connectivity index (χ4v) is 1.92. The lowest BCUT2D eigenvalue weighted by atomic mass is 10.2. The number of hydrogen-bond donors (Lipinski definition) is 2. The minimum absolute atomic E-state index is 0.208. The van der Waals surface area contributed by atoms with E-state index in [4.69, 9.17) is 10.5 Å². The molecule has 0 unspecified atom stereocenters. The van der Waals surface area contributed by atoms with E-state index >= 15 is 0 Å². The van der Waals surface area contributed by atoms with Crippen LogP contribution in [0.3, 0.4) is 0 Å². The molecular formula is C15H20N4O2. The number of aromatic amines is 1. The summed E-state index contributed by atoms with van der Waals surface area (Å²) in [6.45, 7) is 2.83. The SMILES string of the molecule is CCc1[nH]nc(C(=O)N(C)CCOc2ccccc2)c1N. The van der Waals surface area contributed by atoms with Crippen molar-refractivity contribution >= 4 is 11.6 Å². The summed E-state index contributed by atoms with van der Waals surface area (Å²) in [5.41, 5.74) is 7.39. The largest absolute Gasteiger partial charge is 0.492 e. The van der Waals surface area contributed by atoms with E-state index in [0.29, 0.717) is 25.3 Å². The molecule has 21 heavy (non-hydrogen) atoms. The molecular weight excluding hydrogens is 268 g/mol. The predicted molar refractivity (Wildman–Crippen MR) is 81.3 cm³/mol. The second-order valence-corrected chi connectivity index (χ2v) is 4.71. The summed E-state index contributed by atoms with van der Waals surface area (Å²) in [4.78, 5) is 13.8. The van der Waals surface area contributed by atoms with Gasteiger partial charge in [-0.25, -0.2) is 0 Å². The Kier molecular flexibility index (Phi) is 4.81. The third-order valence-corrected chi connectivity index (χ3v) is 3.22. The van der Waals surface area contributed by atoms with Crippen LogP contribution < -0.4 is 10.5 Å². The average Bonchev–Trinajstić information content (AvgIpc) is 2.88. The number of aromatic nitrogens is 2. The normalized spacial score (nSPS) is 10.4. The van der Waals surface area contributed by atoms with Gasteiger partial charge in [-0.3, -0.25) is 9.89 Å². The zero-order valence-electron chi connectivity index (χ0n) is 12.3. The number of aryl methyl sites for hydroxylation is 1. The molecule has 0 fully saturated rings. The number of anilines is 1.